The minimum atomic E-state index is -4.05. The maximum Gasteiger partial charge on any atom is 0.486 e. The molecule has 2 aromatic rings. The fraction of sp³-hybridized carbons (Fsp3) is 0.111. The SMILES string of the molecule is NC(B(O)O)S(=O)(=O)c1cc2c(Cl)ccc(Cl)c2s1. The summed E-state index contributed by atoms with van der Waals surface area (Å²) in [6.45, 7) is 0. The van der Waals surface area contributed by atoms with Gasteiger partial charge in [-0.1, -0.05) is 23.2 Å². The van der Waals surface area contributed by atoms with Gasteiger partial charge in [0.2, 0.25) is 9.84 Å². The minimum Gasteiger partial charge on any atom is -0.425 e. The molecule has 2 rings (SSSR count). The normalized spacial score (nSPS) is 13.7. The Labute approximate surface area is 123 Å². The molecule has 0 saturated carbocycles. The van der Waals surface area contributed by atoms with E-state index in [1.54, 1.807) is 12.1 Å². The average Bonchev–Trinajstić information content (AvgIpc) is 2.79. The van der Waals surface area contributed by atoms with Gasteiger partial charge in [0.15, 0.2) is 0 Å². The molecule has 0 saturated heterocycles. The Balaban J connectivity index is 2.65. The Hall–Kier alpha value is -0.345. The van der Waals surface area contributed by atoms with Crippen LogP contribution in [0, 0.1) is 0 Å². The third-order valence-electron chi connectivity index (χ3n) is 2.49. The molecular weight excluding hydrogens is 332 g/mol. The molecule has 0 aliphatic heterocycles. The fourth-order valence-corrected chi connectivity index (χ4v) is 4.76. The van der Waals surface area contributed by atoms with Crippen molar-refractivity contribution in [3.05, 3.63) is 28.2 Å². The van der Waals surface area contributed by atoms with Crippen molar-refractivity contribution in [2.75, 3.05) is 0 Å². The molecule has 1 unspecified atom stereocenters. The first-order valence-corrected chi connectivity index (χ1v) is 8.10. The summed E-state index contributed by atoms with van der Waals surface area (Å²) >= 11 is 12.8. The van der Waals surface area contributed by atoms with E-state index in [1.165, 1.54) is 6.07 Å². The zero-order valence-corrected chi connectivity index (χ0v) is 12.4. The second kappa shape index (κ2) is 5.21. The number of thiophene rings is 1. The number of benzene rings is 1. The Bertz CT molecular complexity index is 692. The van der Waals surface area contributed by atoms with E-state index in [4.69, 9.17) is 39.0 Å². The van der Waals surface area contributed by atoms with Crippen molar-refractivity contribution in [1.29, 1.82) is 0 Å². The number of fused-ring (bicyclic) bond motifs is 1. The van der Waals surface area contributed by atoms with Crippen LogP contribution in [0.25, 0.3) is 10.1 Å². The zero-order chi connectivity index (χ0) is 14.4. The van der Waals surface area contributed by atoms with Crippen LogP contribution in [0.1, 0.15) is 0 Å². The van der Waals surface area contributed by atoms with Gasteiger partial charge in [-0.15, -0.1) is 11.3 Å². The first-order valence-electron chi connectivity index (χ1n) is 4.98. The number of sulfone groups is 1. The summed E-state index contributed by atoms with van der Waals surface area (Å²) in [5, 5.41) is 17.2. The van der Waals surface area contributed by atoms with E-state index in [2.05, 4.69) is 0 Å². The monoisotopic (exact) mass is 339 g/mol. The summed E-state index contributed by atoms with van der Waals surface area (Å²) in [6, 6.07) is 4.43. The molecule has 1 atom stereocenters. The van der Waals surface area contributed by atoms with E-state index in [1.807, 2.05) is 0 Å². The van der Waals surface area contributed by atoms with Gasteiger partial charge < -0.3 is 15.8 Å². The highest BCUT2D eigenvalue weighted by molar-refractivity contribution is 7.95. The van der Waals surface area contributed by atoms with Crippen molar-refractivity contribution in [3.8, 4) is 0 Å². The van der Waals surface area contributed by atoms with Crippen molar-refractivity contribution >= 4 is 61.6 Å². The van der Waals surface area contributed by atoms with Crippen LogP contribution < -0.4 is 5.73 Å². The Morgan fingerprint density at radius 1 is 1.26 bits per heavy atom. The van der Waals surface area contributed by atoms with Crippen molar-refractivity contribution in [2.45, 2.75) is 9.48 Å². The molecule has 0 aliphatic rings. The lowest BCUT2D eigenvalue weighted by Gasteiger charge is -2.09. The van der Waals surface area contributed by atoms with Gasteiger partial charge in [0.05, 0.1) is 9.72 Å². The summed E-state index contributed by atoms with van der Waals surface area (Å²) in [5.41, 5.74) is 5.28. The highest BCUT2D eigenvalue weighted by Gasteiger charge is 2.35. The number of halogens is 2. The van der Waals surface area contributed by atoms with Gasteiger partial charge in [0.1, 0.15) is 9.48 Å². The second-order valence-corrected chi connectivity index (χ2v) is 7.96. The molecule has 4 N–H and O–H groups in total. The second-order valence-electron chi connectivity index (χ2n) is 3.76. The van der Waals surface area contributed by atoms with E-state index in [9.17, 15) is 8.42 Å². The zero-order valence-electron chi connectivity index (χ0n) is 9.25. The van der Waals surface area contributed by atoms with E-state index in [0.29, 0.717) is 20.1 Å². The van der Waals surface area contributed by atoms with Gasteiger partial charge in [-0.2, -0.15) is 0 Å². The first kappa shape index (κ1) is 15.1. The van der Waals surface area contributed by atoms with Crippen LogP contribution >= 0.6 is 34.5 Å². The van der Waals surface area contributed by atoms with Gasteiger partial charge in [-0.3, -0.25) is 0 Å². The molecule has 1 aromatic heterocycles. The molecule has 1 aromatic carbocycles. The molecule has 0 spiro atoms. The standard InChI is InChI=1S/C9H8BCl2NO4S2/c11-5-1-2-6(12)8-4(5)3-7(18-8)19(16,17)9(13)10(14)15/h1-3,9,14-15H,13H2. The van der Waals surface area contributed by atoms with E-state index in [0.717, 1.165) is 11.3 Å². The third-order valence-corrected chi connectivity index (χ3v) is 6.80. The van der Waals surface area contributed by atoms with Crippen LogP contribution in [0.3, 0.4) is 0 Å². The van der Waals surface area contributed by atoms with Gasteiger partial charge in [0, 0.05) is 10.4 Å². The predicted octanol–water partition coefficient (Wildman–Crippen LogP) is 1.28. The maximum atomic E-state index is 12.0. The van der Waals surface area contributed by atoms with Crippen LogP contribution in [0.15, 0.2) is 22.4 Å². The van der Waals surface area contributed by atoms with Crippen molar-refractivity contribution < 1.29 is 18.5 Å². The molecule has 19 heavy (non-hydrogen) atoms. The first-order chi connectivity index (χ1) is 8.75. The topological polar surface area (TPSA) is 101 Å². The van der Waals surface area contributed by atoms with Crippen molar-refractivity contribution in [3.63, 3.8) is 0 Å². The summed E-state index contributed by atoms with van der Waals surface area (Å²) in [7, 11) is -6.22. The Morgan fingerprint density at radius 3 is 2.37 bits per heavy atom. The smallest absolute Gasteiger partial charge is 0.425 e. The molecule has 1 heterocycles. The van der Waals surface area contributed by atoms with Crippen LogP contribution in [0.4, 0.5) is 0 Å². The summed E-state index contributed by atoms with van der Waals surface area (Å²) in [5.74, 6) is 0. The molecule has 0 radical (unpaired) electrons. The molecule has 0 amide bonds. The molecule has 0 bridgehead atoms. The van der Waals surface area contributed by atoms with Crippen molar-refractivity contribution in [2.24, 2.45) is 5.73 Å². The largest absolute Gasteiger partial charge is 0.486 e. The lowest BCUT2D eigenvalue weighted by molar-refractivity contribution is 0.400. The highest BCUT2D eigenvalue weighted by atomic mass is 35.5. The van der Waals surface area contributed by atoms with Crippen molar-refractivity contribution in [1.82, 2.24) is 0 Å². The number of hydrogen-bond acceptors (Lipinski definition) is 6. The van der Waals surface area contributed by atoms with Crippen LogP contribution in [0.2, 0.25) is 10.0 Å². The number of rotatable bonds is 3. The van der Waals surface area contributed by atoms with E-state index < -0.39 is 22.2 Å². The molecule has 10 heteroatoms. The van der Waals surface area contributed by atoms with Gasteiger partial charge in [-0.25, -0.2) is 8.42 Å². The quantitative estimate of drug-likeness (QED) is 0.731. The van der Waals surface area contributed by atoms with Gasteiger partial charge in [0.25, 0.3) is 0 Å². The van der Waals surface area contributed by atoms with E-state index in [-0.39, 0.29) is 4.21 Å². The van der Waals surface area contributed by atoms with E-state index >= 15 is 0 Å². The number of hydrogen-bond donors (Lipinski definition) is 3. The predicted molar refractivity (Wildman–Crippen MR) is 77.2 cm³/mol. The molecule has 5 nitrogen and oxygen atoms in total. The molecular formula is C9H8BCl2NO4S2. The molecule has 0 fully saturated rings. The summed E-state index contributed by atoms with van der Waals surface area (Å²) in [4.78, 5) is 0. The summed E-state index contributed by atoms with van der Waals surface area (Å²) < 4.78 is 24.5. The van der Waals surface area contributed by atoms with Gasteiger partial charge >= 0.3 is 7.12 Å². The van der Waals surface area contributed by atoms with Crippen LogP contribution in [-0.4, -0.2) is 30.9 Å². The van der Waals surface area contributed by atoms with Gasteiger partial charge in [-0.05, 0) is 18.2 Å². The highest BCUT2D eigenvalue weighted by Crippen LogP contribution is 2.38. The molecule has 102 valence electrons. The number of nitrogens with two attached hydrogens (primary N) is 1. The lowest BCUT2D eigenvalue weighted by atomic mass is 9.93. The summed E-state index contributed by atoms with van der Waals surface area (Å²) in [6.07, 6.45) is 0. The minimum absolute atomic E-state index is 0.113. The lowest BCUT2D eigenvalue weighted by Crippen LogP contribution is -2.45. The molecule has 0 aliphatic carbocycles. The van der Waals surface area contributed by atoms with Crippen LogP contribution in [-0.2, 0) is 9.84 Å². The Morgan fingerprint density at radius 2 is 1.84 bits per heavy atom. The Kier molecular flexibility index (Phi) is 4.13. The fourth-order valence-electron chi connectivity index (χ4n) is 1.47. The average molecular weight is 340 g/mol. The maximum absolute atomic E-state index is 12.0. The third kappa shape index (κ3) is 2.62. The van der Waals surface area contributed by atoms with Crippen LogP contribution in [0.5, 0.6) is 0 Å².